The second-order valence-electron chi connectivity index (χ2n) is 4.14. The van der Waals surface area contributed by atoms with Crippen LogP contribution in [0.3, 0.4) is 0 Å². The normalized spacial score (nSPS) is 12.1. The van der Waals surface area contributed by atoms with Crippen LogP contribution in [0, 0.1) is 0 Å². The number of alkyl halides is 3. The molecule has 0 spiro atoms. The number of hydrogen-bond donors (Lipinski definition) is 1. The van der Waals surface area contributed by atoms with Gasteiger partial charge in [0.1, 0.15) is 0 Å². The molecule has 0 heterocycles. The van der Waals surface area contributed by atoms with E-state index in [9.17, 15) is 18.0 Å². The predicted octanol–water partition coefficient (Wildman–Crippen LogP) is 2.47. The summed E-state index contributed by atoms with van der Waals surface area (Å²) in [6, 6.07) is 3.88. The van der Waals surface area contributed by atoms with Crippen molar-refractivity contribution in [2.24, 2.45) is 4.99 Å². The molecule has 0 aliphatic heterocycles. The highest BCUT2D eigenvalue weighted by Crippen LogP contribution is 2.29. The van der Waals surface area contributed by atoms with Crippen molar-refractivity contribution in [3.05, 3.63) is 35.4 Å². The number of hydrogen-bond acceptors (Lipinski definition) is 4. The van der Waals surface area contributed by atoms with E-state index in [1.807, 2.05) is 0 Å². The second-order valence-corrected chi connectivity index (χ2v) is 4.14. The number of aliphatic imine (C=N–C) groups is 1. The van der Waals surface area contributed by atoms with Crippen molar-refractivity contribution in [1.29, 1.82) is 0 Å². The monoisotopic (exact) mass is 318 g/mol. The number of carbonyl (C=O) groups excluding carboxylic acids is 1. The van der Waals surface area contributed by atoms with Gasteiger partial charge in [-0.3, -0.25) is 10.1 Å². The highest BCUT2D eigenvalue weighted by Gasteiger charge is 2.30. The maximum Gasteiger partial charge on any atom is 0.416 e. The SMILES string of the molecule is CCOC(=NCCOC)NC(=O)c1ccc(C(F)(F)F)cc1. The molecule has 5 nitrogen and oxygen atoms in total. The highest BCUT2D eigenvalue weighted by atomic mass is 19.4. The Morgan fingerprint density at radius 1 is 1.27 bits per heavy atom. The molecule has 0 aliphatic carbocycles. The van der Waals surface area contributed by atoms with Crippen LogP contribution in [0.5, 0.6) is 0 Å². The minimum absolute atomic E-state index is 0.00412. The first-order chi connectivity index (χ1) is 10.4. The number of nitrogens with zero attached hydrogens (tertiary/aromatic N) is 1. The Morgan fingerprint density at radius 3 is 2.41 bits per heavy atom. The fourth-order valence-corrected chi connectivity index (χ4v) is 1.48. The van der Waals surface area contributed by atoms with Gasteiger partial charge in [0.15, 0.2) is 0 Å². The molecule has 1 aromatic carbocycles. The first kappa shape index (κ1) is 18.0. The van der Waals surface area contributed by atoms with Gasteiger partial charge in [-0.25, -0.2) is 4.99 Å². The number of nitrogens with one attached hydrogen (secondary N) is 1. The lowest BCUT2D eigenvalue weighted by Crippen LogP contribution is -2.33. The molecule has 122 valence electrons. The number of methoxy groups -OCH3 is 1. The summed E-state index contributed by atoms with van der Waals surface area (Å²) in [5.74, 6) is -0.599. The van der Waals surface area contributed by atoms with E-state index in [1.54, 1.807) is 6.92 Å². The first-order valence-electron chi connectivity index (χ1n) is 6.53. The maximum atomic E-state index is 12.5. The van der Waals surface area contributed by atoms with Crippen LogP contribution in [-0.2, 0) is 15.7 Å². The lowest BCUT2D eigenvalue weighted by atomic mass is 10.1. The van der Waals surface area contributed by atoms with Gasteiger partial charge in [0.05, 0.1) is 25.3 Å². The molecule has 0 saturated carbocycles. The van der Waals surface area contributed by atoms with E-state index in [1.165, 1.54) is 7.11 Å². The third-order valence-corrected chi connectivity index (χ3v) is 2.53. The molecule has 0 unspecified atom stereocenters. The van der Waals surface area contributed by atoms with Crippen molar-refractivity contribution < 1.29 is 27.4 Å². The van der Waals surface area contributed by atoms with Gasteiger partial charge in [0.25, 0.3) is 11.9 Å². The van der Waals surface area contributed by atoms with E-state index in [0.717, 1.165) is 24.3 Å². The molecule has 1 N–H and O–H groups in total. The summed E-state index contributed by atoms with van der Waals surface area (Å²) >= 11 is 0. The van der Waals surface area contributed by atoms with Gasteiger partial charge < -0.3 is 9.47 Å². The van der Waals surface area contributed by atoms with E-state index in [-0.39, 0.29) is 11.6 Å². The Labute approximate surface area is 126 Å². The second kappa shape index (κ2) is 8.38. The third kappa shape index (κ3) is 5.72. The van der Waals surface area contributed by atoms with Crippen molar-refractivity contribution >= 4 is 11.9 Å². The summed E-state index contributed by atoms with van der Waals surface area (Å²) in [5.41, 5.74) is -0.741. The topological polar surface area (TPSA) is 59.9 Å². The number of carbonyl (C=O) groups is 1. The van der Waals surface area contributed by atoms with E-state index >= 15 is 0 Å². The van der Waals surface area contributed by atoms with Crippen molar-refractivity contribution in [2.45, 2.75) is 13.1 Å². The first-order valence-corrected chi connectivity index (χ1v) is 6.53. The average molecular weight is 318 g/mol. The number of halogens is 3. The van der Waals surface area contributed by atoms with Gasteiger partial charge in [0.2, 0.25) is 0 Å². The van der Waals surface area contributed by atoms with E-state index in [4.69, 9.17) is 9.47 Å². The van der Waals surface area contributed by atoms with Crippen LogP contribution < -0.4 is 5.32 Å². The molecule has 1 rings (SSSR count). The van der Waals surface area contributed by atoms with E-state index in [2.05, 4.69) is 10.3 Å². The fraction of sp³-hybridized carbons (Fsp3) is 0.429. The molecule has 1 amide bonds. The van der Waals surface area contributed by atoms with E-state index in [0.29, 0.717) is 19.8 Å². The Balaban J connectivity index is 2.75. The Morgan fingerprint density at radius 2 is 1.91 bits per heavy atom. The molecule has 0 fully saturated rings. The smallest absolute Gasteiger partial charge is 0.416 e. The number of amides is 1. The van der Waals surface area contributed by atoms with Gasteiger partial charge in [-0.1, -0.05) is 0 Å². The van der Waals surface area contributed by atoms with Gasteiger partial charge in [-0.05, 0) is 31.2 Å². The van der Waals surface area contributed by atoms with Crippen LogP contribution in [0.4, 0.5) is 13.2 Å². The predicted molar refractivity (Wildman–Crippen MR) is 74.7 cm³/mol. The molecular formula is C14H17F3N2O3. The number of ether oxygens (including phenoxy) is 2. The molecule has 1 aromatic rings. The maximum absolute atomic E-state index is 12.5. The average Bonchev–Trinajstić information content (AvgIpc) is 2.47. The summed E-state index contributed by atoms with van der Waals surface area (Å²) < 4.78 is 47.3. The summed E-state index contributed by atoms with van der Waals surface area (Å²) in [5, 5.41) is 2.40. The van der Waals surface area contributed by atoms with Crippen LogP contribution in [0.25, 0.3) is 0 Å². The zero-order valence-corrected chi connectivity index (χ0v) is 12.2. The lowest BCUT2D eigenvalue weighted by molar-refractivity contribution is -0.137. The summed E-state index contributed by atoms with van der Waals surface area (Å²) in [4.78, 5) is 15.9. The van der Waals surface area contributed by atoms with Crippen LogP contribution in [0.1, 0.15) is 22.8 Å². The molecule has 0 bridgehead atoms. The van der Waals surface area contributed by atoms with Crippen molar-refractivity contribution in [1.82, 2.24) is 5.32 Å². The minimum atomic E-state index is -4.44. The molecule has 8 heteroatoms. The van der Waals surface area contributed by atoms with Crippen molar-refractivity contribution in [3.63, 3.8) is 0 Å². The zero-order valence-electron chi connectivity index (χ0n) is 12.2. The quantitative estimate of drug-likeness (QED) is 0.515. The summed E-state index contributed by atoms with van der Waals surface area (Å²) in [7, 11) is 1.51. The number of benzene rings is 1. The van der Waals surface area contributed by atoms with Gasteiger partial charge in [-0.2, -0.15) is 13.2 Å². The molecule has 22 heavy (non-hydrogen) atoms. The van der Waals surface area contributed by atoms with Gasteiger partial charge in [0, 0.05) is 12.7 Å². The van der Waals surface area contributed by atoms with Crippen LogP contribution in [0.2, 0.25) is 0 Å². The molecule has 0 aromatic heterocycles. The Hall–Kier alpha value is -2.09. The van der Waals surface area contributed by atoms with Crippen molar-refractivity contribution in [3.8, 4) is 0 Å². The lowest BCUT2D eigenvalue weighted by Gasteiger charge is -2.10. The molecule has 0 saturated heterocycles. The van der Waals surface area contributed by atoms with E-state index < -0.39 is 17.6 Å². The van der Waals surface area contributed by atoms with Gasteiger partial charge in [-0.15, -0.1) is 0 Å². The molecule has 0 radical (unpaired) electrons. The standard InChI is InChI=1S/C14H17F3N2O3/c1-3-22-13(18-8-9-21-2)19-12(20)10-4-6-11(7-5-10)14(15,16)17/h4-7H,3,8-9H2,1-2H3,(H,18,19,20). The van der Waals surface area contributed by atoms with Crippen molar-refractivity contribution in [2.75, 3.05) is 26.9 Å². The fourth-order valence-electron chi connectivity index (χ4n) is 1.48. The third-order valence-electron chi connectivity index (χ3n) is 2.53. The van der Waals surface area contributed by atoms with Crippen LogP contribution >= 0.6 is 0 Å². The molecular weight excluding hydrogens is 301 g/mol. The highest BCUT2D eigenvalue weighted by molar-refractivity contribution is 6.04. The van der Waals surface area contributed by atoms with Gasteiger partial charge >= 0.3 is 6.18 Å². The Kier molecular flexibility index (Phi) is 6.84. The summed E-state index contributed by atoms with van der Waals surface area (Å²) in [6.07, 6.45) is -4.44. The largest absolute Gasteiger partial charge is 0.465 e. The summed E-state index contributed by atoms with van der Waals surface area (Å²) in [6.45, 7) is 2.65. The van der Waals surface area contributed by atoms with Crippen LogP contribution in [0.15, 0.2) is 29.3 Å². The molecule has 0 aliphatic rings. The number of rotatable bonds is 5. The molecule has 0 atom stereocenters. The Bertz CT molecular complexity index is 513. The minimum Gasteiger partial charge on any atom is -0.465 e. The zero-order chi connectivity index (χ0) is 16.6. The number of amidine groups is 1. The van der Waals surface area contributed by atoms with Crippen LogP contribution in [-0.4, -0.2) is 38.8 Å².